The minimum atomic E-state index is -0.0706. The van der Waals surface area contributed by atoms with Gasteiger partial charge in [-0.15, -0.1) is 0 Å². The van der Waals surface area contributed by atoms with Gasteiger partial charge in [-0.1, -0.05) is 0 Å². The third-order valence-corrected chi connectivity index (χ3v) is 4.25. The van der Waals surface area contributed by atoms with Gasteiger partial charge in [-0.05, 0) is 32.2 Å². The number of piperazine rings is 1. The fourth-order valence-corrected chi connectivity index (χ4v) is 3.10. The first-order valence-corrected chi connectivity index (χ1v) is 7.37. The van der Waals surface area contributed by atoms with Crippen molar-refractivity contribution in [2.75, 3.05) is 47.5 Å². The molecule has 1 aromatic carbocycles. The highest BCUT2D eigenvalue weighted by molar-refractivity contribution is 5.42. The Kier molecular flexibility index (Phi) is 5.45. The second-order valence-corrected chi connectivity index (χ2v) is 5.66. The summed E-state index contributed by atoms with van der Waals surface area (Å²) in [4.78, 5) is 4.66. The highest BCUT2D eigenvalue weighted by Gasteiger charge is 2.30. The molecule has 0 bridgehead atoms. The maximum atomic E-state index is 9.95. The van der Waals surface area contributed by atoms with Crippen molar-refractivity contribution in [1.82, 2.24) is 9.80 Å². The van der Waals surface area contributed by atoms with Gasteiger partial charge in [0.15, 0.2) is 0 Å². The molecule has 0 amide bonds. The summed E-state index contributed by atoms with van der Waals surface area (Å²) in [7, 11) is 5.44. The summed E-state index contributed by atoms with van der Waals surface area (Å²) in [5, 5.41) is 9.95. The number of ether oxygens (including phenoxy) is 2. The highest BCUT2D eigenvalue weighted by atomic mass is 16.5. The summed E-state index contributed by atoms with van der Waals surface area (Å²) < 4.78 is 10.8. The van der Waals surface area contributed by atoms with Crippen LogP contribution in [0.25, 0.3) is 0 Å². The van der Waals surface area contributed by atoms with Crippen LogP contribution in [0.3, 0.4) is 0 Å². The van der Waals surface area contributed by atoms with Crippen LogP contribution in [0, 0.1) is 0 Å². The van der Waals surface area contributed by atoms with Crippen LogP contribution in [-0.4, -0.2) is 68.5 Å². The number of aliphatic hydroxyl groups excluding tert-OH is 1. The van der Waals surface area contributed by atoms with Gasteiger partial charge in [0.25, 0.3) is 0 Å². The number of rotatable bonds is 5. The number of nitrogens with zero attached hydrogens (tertiary/aromatic N) is 2. The number of hydrogen-bond donors (Lipinski definition) is 1. The van der Waals surface area contributed by atoms with E-state index in [1.807, 2.05) is 18.2 Å². The summed E-state index contributed by atoms with van der Waals surface area (Å²) in [6.45, 7) is 5.21. The molecule has 21 heavy (non-hydrogen) atoms. The van der Waals surface area contributed by atoms with Crippen molar-refractivity contribution >= 4 is 0 Å². The van der Waals surface area contributed by atoms with Gasteiger partial charge in [-0.2, -0.15) is 0 Å². The lowest BCUT2D eigenvalue weighted by molar-refractivity contribution is 0.0331. The zero-order valence-corrected chi connectivity index (χ0v) is 13.4. The summed E-state index contributed by atoms with van der Waals surface area (Å²) in [5.41, 5.74) is 0.982. The van der Waals surface area contributed by atoms with E-state index in [0.29, 0.717) is 6.04 Å². The number of methoxy groups -OCH3 is 2. The van der Waals surface area contributed by atoms with E-state index >= 15 is 0 Å². The largest absolute Gasteiger partial charge is 0.497 e. The minimum absolute atomic E-state index is 0.0670. The van der Waals surface area contributed by atoms with Crippen molar-refractivity contribution in [2.24, 2.45) is 0 Å². The molecule has 1 aromatic rings. The van der Waals surface area contributed by atoms with E-state index in [1.54, 1.807) is 14.2 Å². The van der Waals surface area contributed by atoms with Crippen molar-refractivity contribution in [3.05, 3.63) is 23.8 Å². The van der Waals surface area contributed by atoms with Crippen LogP contribution in [0.15, 0.2) is 18.2 Å². The Hall–Kier alpha value is -1.30. The first kappa shape index (κ1) is 16.1. The van der Waals surface area contributed by atoms with Crippen LogP contribution in [0.2, 0.25) is 0 Å². The zero-order valence-electron chi connectivity index (χ0n) is 13.4. The third-order valence-electron chi connectivity index (χ3n) is 4.25. The van der Waals surface area contributed by atoms with Gasteiger partial charge in [0, 0.05) is 31.2 Å². The first-order chi connectivity index (χ1) is 10.1. The SMILES string of the molecule is COc1ccc(OC)c(C(CO)N2CCN(C)CC2C)c1. The Bertz CT molecular complexity index is 467. The lowest BCUT2D eigenvalue weighted by atomic mass is 10.0. The van der Waals surface area contributed by atoms with Gasteiger partial charge in [0.05, 0.1) is 26.9 Å². The van der Waals surface area contributed by atoms with E-state index in [9.17, 15) is 5.11 Å². The smallest absolute Gasteiger partial charge is 0.124 e. The first-order valence-electron chi connectivity index (χ1n) is 7.37. The molecule has 1 heterocycles. The van der Waals surface area contributed by atoms with Crippen LogP contribution in [-0.2, 0) is 0 Å². The van der Waals surface area contributed by atoms with Crippen molar-refractivity contribution in [3.63, 3.8) is 0 Å². The molecule has 0 spiro atoms. The monoisotopic (exact) mass is 294 g/mol. The fraction of sp³-hybridized carbons (Fsp3) is 0.625. The molecule has 1 N–H and O–H groups in total. The molecule has 0 radical (unpaired) electrons. The maximum Gasteiger partial charge on any atom is 0.124 e. The Labute approximate surface area is 127 Å². The molecule has 2 atom stereocenters. The Morgan fingerprint density at radius 2 is 2.05 bits per heavy atom. The molecule has 0 saturated carbocycles. The van der Waals surface area contributed by atoms with Crippen molar-refractivity contribution in [2.45, 2.75) is 19.0 Å². The third kappa shape index (κ3) is 3.48. The second kappa shape index (κ2) is 7.11. The number of hydrogen-bond acceptors (Lipinski definition) is 5. The predicted molar refractivity (Wildman–Crippen MR) is 83.0 cm³/mol. The van der Waals surface area contributed by atoms with Crippen LogP contribution < -0.4 is 9.47 Å². The van der Waals surface area contributed by atoms with Gasteiger partial charge < -0.3 is 19.5 Å². The molecule has 1 aliphatic heterocycles. The molecule has 5 heteroatoms. The summed E-state index contributed by atoms with van der Waals surface area (Å²) in [6.07, 6.45) is 0. The summed E-state index contributed by atoms with van der Waals surface area (Å²) in [6, 6.07) is 6.06. The normalized spacial score (nSPS) is 22.0. The van der Waals surface area contributed by atoms with E-state index < -0.39 is 0 Å². The van der Waals surface area contributed by atoms with Crippen LogP contribution in [0.4, 0.5) is 0 Å². The second-order valence-electron chi connectivity index (χ2n) is 5.66. The summed E-state index contributed by atoms with van der Waals surface area (Å²) in [5.74, 6) is 1.58. The van der Waals surface area contributed by atoms with Crippen molar-refractivity contribution < 1.29 is 14.6 Å². The van der Waals surface area contributed by atoms with Gasteiger partial charge in [-0.25, -0.2) is 0 Å². The average molecular weight is 294 g/mol. The van der Waals surface area contributed by atoms with Gasteiger partial charge >= 0.3 is 0 Å². The molecule has 5 nitrogen and oxygen atoms in total. The molecule has 2 unspecified atom stereocenters. The van der Waals surface area contributed by atoms with Gasteiger partial charge in [0.2, 0.25) is 0 Å². The zero-order chi connectivity index (χ0) is 15.4. The molecule has 2 rings (SSSR count). The van der Waals surface area contributed by atoms with E-state index in [1.165, 1.54) is 0 Å². The Morgan fingerprint density at radius 1 is 1.29 bits per heavy atom. The minimum Gasteiger partial charge on any atom is -0.497 e. The number of benzene rings is 1. The average Bonchev–Trinajstić information content (AvgIpc) is 2.49. The van der Waals surface area contributed by atoms with Crippen LogP contribution >= 0.6 is 0 Å². The fourth-order valence-electron chi connectivity index (χ4n) is 3.10. The molecular weight excluding hydrogens is 268 g/mol. The molecule has 1 fully saturated rings. The van der Waals surface area contributed by atoms with E-state index in [-0.39, 0.29) is 12.6 Å². The van der Waals surface area contributed by atoms with E-state index in [2.05, 4.69) is 23.8 Å². The highest BCUT2D eigenvalue weighted by Crippen LogP contribution is 2.34. The predicted octanol–water partition coefficient (Wildman–Crippen LogP) is 1.37. The standard InChI is InChI=1S/C16H26N2O3/c1-12-10-17(2)7-8-18(12)15(11-19)14-9-13(20-3)5-6-16(14)21-4/h5-6,9,12,15,19H,7-8,10-11H2,1-4H3. The Morgan fingerprint density at radius 3 is 2.62 bits per heavy atom. The van der Waals surface area contributed by atoms with Gasteiger partial charge in [0.1, 0.15) is 11.5 Å². The van der Waals surface area contributed by atoms with Crippen molar-refractivity contribution in [3.8, 4) is 11.5 Å². The van der Waals surface area contributed by atoms with Gasteiger partial charge in [-0.3, -0.25) is 4.90 Å². The van der Waals surface area contributed by atoms with E-state index in [4.69, 9.17) is 9.47 Å². The maximum absolute atomic E-state index is 9.95. The molecule has 1 saturated heterocycles. The van der Waals surface area contributed by atoms with Crippen LogP contribution in [0.5, 0.6) is 11.5 Å². The van der Waals surface area contributed by atoms with Crippen LogP contribution in [0.1, 0.15) is 18.5 Å². The lowest BCUT2D eigenvalue weighted by Gasteiger charge is -2.42. The lowest BCUT2D eigenvalue weighted by Crippen LogP contribution is -2.52. The Balaban J connectivity index is 2.32. The van der Waals surface area contributed by atoms with Crippen molar-refractivity contribution in [1.29, 1.82) is 0 Å². The topological polar surface area (TPSA) is 45.2 Å². The molecule has 0 aromatic heterocycles. The quantitative estimate of drug-likeness (QED) is 0.889. The molecule has 1 aliphatic rings. The number of aliphatic hydroxyl groups is 1. The van der Waals surface area contributed by atoms with E-state index in [0.717, 1.165) is 36.7 Å². The summed E-state index contributed by atoms with van der Waals surface area (Å²) >= 11 is 0. The molecule has 118 valence electrons. The number of likely N-dealkylation sites (N-methyl/N-ethyl adjacent to an activating group) is 1. The molecular formula is C16H26N2O3. The molecule has 0 aliphatic carbocycles.